The molecule has 2 atom stereocenters. The van der Waals surface area contributed by atoms with Crippen molar-refractivity contribution in [3.8, 4) is 0 Å². The number of halogens is 1. The SMILES string of the molecule is C=C(C(N)O)C(N(N)/C=C(\N)c1cnc(F)cc1C)C(C)(C)C. The van der Waals surface area contributed by atoms with Gasteiger partial charge in [0.2, 0.25) is 5.95 Å². The lowest BCUT2D eigenvalue weighted by molar-refractivity contribution is 0.132. The van der Waals surface area contributed by atoms with Crippen molar-refractivity contribution in [2.75, 3.05) is 0 Å². The molecule has 0 radical (unpaired) electrons. The fourth-order valence-electron chi connectivity index (χ4n) is 2.49. The summed E-state index contributed by atoms with van der Waals surface area (Å²) in [6.45, 7) is 11.4. The molecule has 0 saturated heterocycles. The normalized spacial score (nSPS) is 15.2. The third-order valence-corrected chi connectivity index (χ3v) is 3.53. The molecule has 0 aliphatic heterocycles. The standard InChI is InChI=1S/C16H26FN5O/c1-9-6-13(17)21-7-11(9)12(18)8-22(20)14(16(3,4)5)10(2)15(19)23/h6-8,14-15,23H,2,18-20H2,1,3-5H3/b12-8-. The van der Waals surface area contributed by atoms with Gasteiger partial charge in [0.1, 0.15) is 6.23 Å². The second kappa shape index (κ2) is 7.08. The van der Waals surface area contributed by atoms with E-state index in [9.17, 15) is 9.50 Å². The molecule has 0 aliphatic carbocycles. The Hall–Kier alpha value is -1.96. The van der Waals surface area contributed by atoms with Gasteiger partial charge < -0.3 is 21.6 Å². The topological polar surface area (TPSA) is 114 Å². The number of hydrogen-bond donors (Lipinski definition) is 4. The van der Waals surface area contributed by atoms with E-state index in [-0.39, 0.29) is 5.41 Å². The summed E-state index contributed by atoms with van der Waals surface area (Å²) in [4.78, 5) is 3.60. The lowest BCUT2D eigenvalue weighted by Crippen LogP contribution is -2.50. The van der Waals surface area contributed by atoms with Crippen LogP contribution < -0.4 is 17.3 Å². The molecule has 1 aromatic rings. The molecule has 128 valence electrons. The molecule has 1 rings (SSSR count). The molecule has 23 heavy (non-hydrogen) atoms. The van der Waals surface area contributed by atoms with Crippen LogP contribution in [0.1, 0.15) is 31.9 Å². The van der Waals surface area contributed by atoms with E-state index >= 15 is 0 Å². The predicted molar refractivity (Wildman–Crippen MR) is 89.7 cm³/mol. The Morgan fingerprint density at radius 2 is 2.04 bits per heavy atom. The highest BCUT2D eigenvalue weighted by Gasteiger charge is 2.32. The summed E-state index contributed by atoms with van der Waals surface area (Å²) in [6.07, 6.45) is 1.66. The Morgan fingerprint density at radius 3 is 2.48 bits per heavy atom. The summed E-state index contributed by atoms with van der Waals surface area (Å²) in [5, 5.41) is 11.0. The van der Waals surface area contributed by atoms with Crippen LogP contribution in [0.15, 0.2) is 30.6 Å². The fraction of sp³-hybridized carbons (Fsp3) is 0.438. The van der Waals surface area contributed by atoms with Gasteiger partial charge in [-0.25, -0.2) is 10.8 Å². The number of hydrazine groups is 1. The minimum atomic E-state index is -1.20. The van der Waals surface area contributed by atoms with Crippen molar-refractivity contribution >= 4 is 5.70 Å². The van der Waals surface area contributed by atoms with E-state index in [1.54, 1.807) is 6.92 Å². The Kier molecular flexibility index (Phi) is 5.87. The van der Waals surface area contributed by atoms with Gasteiger partial charge in [0.05, 0.1) is 11.7 Å². The molecule has 0 aromatic carbocycles. The highest BCUT2D eigenvalue weighted by Crippen LogP contribution is 2.29. The zero-order valence-corrected chi connectivity index (χ0v) is 14.0. The van der Waals surface area contributed by atoms with Crippen LogP contribution in [-0.4, -0.2) is 27.4 Å². The molecule has 0 aliphatic rings. The van der Waals surface area contributed by atoms with Gasteiger partial charge in [-0.15, -0.1) is 0 Å². The average molecular weight is 323 g/mol. The number of aryl methyl sites for hydroxylation is 1. The number of hydrogen-bond acceptors (Lipinski definition) is 6. The summed E-state index contributed by atoms with van der Waals surface area (Å²) >= 11 is 0. The van der Waals surface area contributed by atoms with E-state index in [2.05, 4.69) is 11.6 Å². The van der Waals surface area contributed by atoms with Crippen LogP contribution in [0.4, 0.5) is 4.39 Å². The maximum Gasteiger partial charge on any atom is 0.213 e. The number of aliphatic hydroxyl groups excluding tert-OH is 1. The summed E-state index contributed by atoms with van der Waals surface area (Å²) in [6, 6.07) is 0.843. The molecular weight excluding hydrogens is 297 g/mol. The van der Waals surface area contributed by atoms with Gasteiger partial charge in [0.25, 0.3) is 0 Å². The summed E-state index contributed by atoms with van der Waals surface area (Å²) < 4.78 is 13.1. The van der Waals surface area contributed by atoms with Crippen LogP contribution in [0.5, 0.6) is 0 Å². The lowest BCUT2D eigenvalue weighted by Gasteiger charge is -2.39. The average Bonchev–Trinajstić information content (AvgIpc) is 2.36. The second-order valence-electron chi connectivity index (χ2n) is 6.64. The number of rotatable bonds is 5. The number of aliphatic hydroxyl groups is 1. The summed E-state index contributed by atoms with van der Waals surface area (Å²) in [7, 11) is 0. The third-order valence-electron chi connectivity index (χ3n) is 3.53. The van der Waals surface area contributed by atoms with Crippen LogP contribution in [0.25, 0.3) is 5.70 Å². The number of nitrogens with zero attached hydrogens (tertiary/aromatic N) is 2. The first-order valence-corrected chi connectivity index (χ1v) is 7.20. The smallest absolute Gasteiger partial charge is 0.213 e. The largest absolute Gasteiger partial charge is 0.397 e. The van der Waals surface area contributed by atoms with Gasteiger partial charge in [0, 0.05) is 18.0 Å². The lowest BCUT2D eigenvalue weighted by atomic mass is 9.81. The van der Waals surface area contributed by atoms with E-state index in [4.69, 9.17) is 17.3 Å². The Balaban J connectivity index is 3.18. The van der Waals surface area contributed by atoms with Gasteiger partial charge in [-0.05, 0) is 29.5 Å². The van der Waals surface area contributed by atoms with E-state index in [0.717, 1.165) is 0 Å². The molecule has 0 fully saturated rings. The van der Waals surface area contributed by atoms with Gasteiger partial charge in [-0.3, -0.25) is 0 Å². The second-order valence-corrected chi connectivity index (χ2v) is 6.64. The highest BCUT2D eigenvalue weighted by molar-refractivity contribution is 5.64. The summed E-state index contributed by atoms with van der Waals surface area (Å²) in [5.74, 6) is 5.54. The van der Waals surface area contributed by atoms with Crippen molar-refractivity contribution in [3.05, 3.63) is 47.7 Å². The molecule has 7 heteroatoms. The van der Waals surface area contributed by atoms with Crippen LogP contribution in [0.3, 0.4) is 0 Å². The van der Waals surface area contributed by atoms with Crippen molar-refractivity contribution in [2.24, 2.45) is 22.7 Å². The zero-order chi connectivity index (χ0) is 17.9. The van der Waals surface area contributed by atoms with Crippen molar-refractivity contribution in [3.63, 3.8) is 0 Å². The van der Waals surface area contributed by atoms with E-state index in [1.165, 1.54) is 23.5 Å². The van der Waals surface area contributed by atoms with Crippen molar-refractivity contribution in [2.45, 2.75) is 40.0 Å². The Morgan fingerprint density at radius 1 is 1.48 bits per heavy atom. The minimum absolute atomic E-state index is 0.325. The van der Waals surface area contributed by atoms with Crippen molar-refractivity contribution in [1.29, 1.82) is 0 Å². The van der Waals surface area contributed by atoms with Crippen LogP contribution in [0.2, 0.25) is 0 Å². The van der Waals surface area contributed by atoms with Crippen molar-refractivity contribution in [1.82, 2.24) is 9.99 Å². The summed E-state index contributed by atoms with van der Waals surface area (Å²) in [5.41, 5.74) is 13.2. The van der Waals surface area contributed by atoms with E-state index in [1.807, 2.05) is 20.8 Å². The predicted octanol–water partition coefficient (Wildman–Crippen LogP) is 1.21. The van der Waals surface area contributed by atoms with Crippen LogP contribution in [0, 0.1) is 18.3 Å². The van der Waals surface area contributed by atoms with Crippen molar-refractivity contribution < 1.29 is 9.50 Å². The maximum atomic E-state index is 13.1. The maximum absolute atomic E-state index is 13.1. The molecule has 7 N–H and O–H groups in total. The van der Waals surface area contributed by atoms with E-state index < -0.39 is 18.2 Å². The van der Waals surface area contributed by atoms with Gasteiger partial charge >= 0.3 is 0 Å². The molecule has 0 spiro atoms. The van der Waals surface area contributed by atoms with Gasteiger partial charge in [0.15, 0.2) is 0 Å². The van der Waals surface area contributed by atoms with Crippen LogP contribution >= 0.6 is 0 Å². The number of nitrogens with two attached hydrogens (primary N) is 3. The molecule has 0 saturated carbocycles. The molecule has 0 amide bonds. The molecule has 1 heterocycles. The highest BCUT2D eigenvalue weighted by atomic mass is 19.1. The minimum Gasteiger partial charge on any atom is -0.397 e. The quantitative estimate of drug-likeness (QED) is 0.213. The van der Waals surface area contributed by atoms with Crippen LogP contribution in [-0.2, 0) is 0 Å². The molecule has 0 bridgehead atoms. The molecule has 6 nitrogen and oxygen atoms in total. The monoisotopic (exact) mass is 323 g/mol. The fourth-order valence-corrected chi connectivity index (χ4v) is 2.49. The molecular formula is C16H26FN5O. The Labute approximate surface area is 136 Å². The van der Waals surface area contributed by atoms with Gasteiger partial charge in [-0.1, -0.05) is 27.4 Å². The number of aromatic nitrogens is 1. The number of pyridine rings is 1. The molecule has 1 aromatic heterocycles. The first-order valence-electron chi connectivity index (χ1n) is 7.20. The van der Waals surface area contributed by atoms with Gasteiger partial charge in [-0.2, -0.15) is 4.39 Å². The zero-order valence-electron chi connectivity index (χ0n) is 14.0. The first kappa shape index (κ1) is 19.1. The third kappa shape index (κ3) is 4.75. The Bertz CT molecular complexity index is 607. The molecule has 2 unspecified atom stereocenters. The van der Waals surface area contributed by atoms with E-state index in [0.29, 0.717) is 22.4 Å². The first-order chi connectivity index (χ1) is 10.4.